The van der Waals surface area contributed by atoms with Gasteiger partial charge >= 0.3 is 0 Å². The van der Waals surface area contributed by atoms with Crippen LogP contribution in [0, 0.1) is 12.3 Å². The molecular formula is C19H24N6O2. The average Bonchev–Trinajstić information content (AvgIpc) is 3.10. The molecule has 0 bridgehead atoms. The summed E-state index contributed by atoms with van der Waals surface area (Å²) in [6.45, 7) is 12.5. The molecule has 5 heterocycles. The summed E-state index contributed by atoms with van der Waals surface area (Å²) in [6, 6.07) is 2.09. The molecule has 0 N–H and O–H groups in total. The van der Waals surface area contributed by atoms with Crippen LogP contribution in [-0.2, 0) is 16.7 Å². The van der Waals surface area contributed by atoms with Crippen molar-refractivity contribution in [3.8, 4) is 0 Å². The van der Waals surface area contributed by atoms with Gasteiger partial charge in [0.25, 0.3) is 0 Å². The molecule has 3 aromatic rings. The summed E-state index contributed by atoms with van der Waals surface area (Å²) < 4.78 is 12.8. The highest BCUT2D eigenvalue weighted by molar-refractivity contribution is 5.88. The zero-order valence-corrected chi connectivity index (χ0v) is 16.2. The van der Waals surface area contributed by atoms with E-state index in [4.69, 9.17) is 19.2 Å². The van der Waals surface area contributed by atoms with Crippen molar-refractivity contribution in [2.45, 2.75) is 39.7 Å². The Morgan fingerprint density at radius 1 is 1.15 bits per heavy atom. The third-order valence-electron chi connectivity index (χ3n) is 5.31. The lowest BCUT2D eigenvalue weighted by Crippen LogP contribution is -2.66. The summed E-state index contributed by atoms with van der Waals surface area (Å²) in [4.78, 5) is 16.5. The second-order valence-corrected chi connectivity index (χ2v) is 8.89. The van der Waals surface area contributed by atoms with E-state index in [0.717, 1.165) is 49.0 Å². The molecule has 0 amide bonds. The predicted molar refractivity (Wildman–Crippen MR) is 99.8 cm³/mol. The zero-order valence-electron chi connectivity index (χ0n) is 16.2. The van der Waals surface area contributed by atoms with Crippen molar-refractivity contribution in [2.24, 2.45) is 5.41 Å². The van der Waals surface area contributed by atoms with Crippen molar-refractivity contribution in [3.05, 3.63) is 29.8 Å². The lowest BCUT2D eigenvalue weighted by molar-refractivity contribution is -0.127. The van der Waals surface area contributed by atoms with Crippen LogP contribution in [-0.4, -0.2) is 51.0 Å². The Balaban J connectivity index is 1.57. The zero-order chi connectivity index (χ0) is 18.8. The number of fused-ring (bicyclic) bond motifs is 1. The van der Waals surface area contributed by atoms with E-state index in [-0.39, 0.29) is 5.41 Å². The van der Waals surface area contributed by atoms with E-state index in [2.05, 4.69) is 46.4 Å². The fourth-order valence-electron chi connectivity index (χ4n) is 3.79. The number of ether oxygens (including phenoxy) is 1. The van der Waals surface area contributed by atoms with Crippen LogP contribution in [0.3, 0.4) is 0 Å². The number of hydrogen-bond donors (Lipinski definition) is 0. The monoisotopic (exact) mass is 368 g/mol. The molecule has 5 rings (SSSR count). The van der Waals surface area contributed by atoms with Crippen LogP contribution in [0.15, 0.2) is 16.8 Å². The van der Waals surface area contributed by atoms with E-state index in [0.29, 0.717) is 23.7 Å². The molecule has 27 heavy (non-hydrogen) atoms. The summed E-state index contributed by atoms with van der Waals surface area (Å²) in [6.07, 6.45) is 2.02. The number of aromatic nitrogens is 5. The Kier molecular flexibility index (Phi) is 3.40. The van der Waals surface area contributed by atoms with Gasteiger partial charge in [-0.3, -0.25) is 0 Å². The maximum absolute atomic E-state index is 5.42. The maximum Gasteiger partial charge on any atom is 0.246 e. The smallest absolute Gasteiger partial charge is 0.246 e. The largest absolute Gasteiger partial charge is 0.380 e. The summed E-state index contributed by atoms with van der Waals surface area (Å²) in [5.74, 6) is 3.08. The minimum Gasteiger partial charge on any atom is -0.380 e. The third kappa shape index (κ3) is 2.70. The van der Waals surface area contributed by atoms with Crippen molar-refractivity contribution in [3.63, 3.8) is 0 Å². The molecule has 0 saturated carbocycles. The van der Waals surface area contributed by atoms with Gasteiger partial charge in [0.2, 0.25) is 5.89 Å². The first kappa shape index (κ1) is 16.7. The van der Waals surface area contributed by atoms with Crippen LogP contribution in [0.5, 0.6) is 0 Å². The van der Waals surface area contributed by atoms with Crippen molar-refractivity contribution in [1.82, 2.24) is 24.7 Å². The quantitative estimate of drug-likeness (QED) is 0.701. The van der Waals surface area contributed by atoms with Crippen LogP contribution in [0.1, 0.15) is 38.3 Å². The average molecular weight is 368 g/mol. The van der Waals surface area contributed by atoms with Crippen LogP contribution in [0.4, 0.5) is 5.82 Å². The normalized spacial score (nSPS) is 18.7. The minimum atomic E-state index is -0.138. The Hall–Kier alpha value is -2.48. The first-order valence-corrected chi connectivity index (χ1v) is 9.32. The number of nitrogens with zero attached hydrogens (tertiary/aromatic N) is 6. The van der Waals surface area contributed by atoms with Crippen molar-refractivity contribution in [1.29, 1.82) is 0 Å². The van der Waals surface area contributed by atoms with E-state index in [1.165, 1.54) is 0 Å². The molecule has 2 fully saturated rings. The number of anilines is 1. The fourth-order valence-corrected chi connectivity index (χ4v) is 3.79. The van der Waals surface area contributed by atoms with E-state index in [1.54, 1.807) is 0 Å². The molecule has 8 heteroatoms. The molecule has 2 aliphatic heterocycles. The van der Waals surface area contributed by atoms with Gasteiger partial charge in [0, 0.05) is 24.7 Å². The summed E-state index contributed by atoms with van der Waals surface area (Å²) in [5.41, 5.74) is 1.11. The molecular weight excluding hydrogens is 344 g/mol. The SMILES string of the molecule is Cc1noc(Cn2ccc3c(N4CC5(COC5)C4)nc(C(C)(C)C)nc32)n1. The predicted octanol–water partition coefficient (Wildman–Crippen LogP) is 2.31. The maximum atomic E-state index is 5.42. The first-order chi connectivity index (χ1) is 12.8. The molecule has 0 aliphatic carbocycles. The Bertz CT molecular complexity index is 1000. The number of rotatable bonds is 3. The lowest BCUT2D eigenvalue weighted by atomic mass is 9.78. The van der Waals surface area contributed by atoms with Gasteiger partial charge in [0.05, 0.1) is 24.0 Å². The third-order valence-corrected chi connectivity index (χ3v) is 5.31. The highest BCUT2D eigenvalue weighted by Gasteiger charge is 2.50. The molecule has 2 aliphatic rings. The van der Waals surface area contributed by atoms with Gasteiger partial charge in [-0.15, -0.1) is 0 Å². The lowest BCUT2D eigenvalue weighted by Gasteiger charge is -2.55. The molecule has 142 valence electrons. The minimum absolute atomic E-state index is 0.138. The van der Waals surface area contributed by atoms with Crippen LogP contribution < -0.4 is 4.90 Å². The summed E-state index contributed by atoms with van der Waals surface area (Å²) >= 11 is 0. The number of hydrogen-bond acceptors (Lipinski definition) is 7. The first-order valence-electron chi connectivity index (χ1n) is 9.32. The van der Waals surface area contributed by atoms with Gasteiger partial charge in [0.15, 0.2) is 5.82 Å². The molecule has 8 nitrogen and oxygen atoms in total. The van der Waals surface area contributed by atoms with Crippen molar-refractivity contribution < 1.29 is 9.26 Å². The van der Waals surface area contributed by atoms with Gasteiger partial charge in [-0.2, -0.15) is 4.98 Å². The molecule has 0 radical (unpaired) electrons. The highest BCUT2D eigenvalue weighted by Crippen LogP contribution is 2.42. The molecule has 2 saturated heterocycles. The molecule has 0 unspecified atom stereocenters. The fraction of sp³-hybridized carbons (Fsp3) is 0.579. The standard InChI is InChI=1S/C19H24N6O2/c1-12-20-14(27-23-12)7-24-6-5-13-15(24)21-17(18(2,3)4)22-16(13)25-8-19(9-25)10-26-11-19/h5-6H,7-11H2,1-4H3. The van der Waals surface area contributed by atoms with Crippen molar-refractivity contribution in [2.75, 3.05) is 31.2 Å². The van der Waals surface area contributed by atoms with Gasteiger partial charge < -0.3 is 18.7 Å². The molecule has 3 aromatic heterocycles. The van der Waals surface area contributed by atoms with Crippen molar-refractivity contribution >= 4 is 16.9 Å². The van der Waals surface area contributed by atoms with Crippen LogP contribution in [0.25, 0.3) is 11.0 Å². The Morgan fingerprint density at radius 2 is 1.93 bits per heavy atom. The van der Waals surface area contributed by atoms with E-state index in [1.807, 2.05) is 13.1 Å². The van der Waals surface area contributed by atoms with Crippen LogP contribution in [0.2, 0.25) is 0 Å². The van der Waals surface area contributed by atoms with Gasteiger partial charge in [-0.05, 0) is 13.0 Å². The van der Waals surface area contributed by atoms with E-state index in [9.17, 15) is 0 Å². The second-order valence-electron chi connectivity index (χ2n) is 8.89. The molecule has 0 aromatic carbocycles. The molecule has 0 atom stereocenters. The second kappa shape index (κ2) is 5.51. The summed E-state index contributed by atoms with van der Waals surface area (Å²) in [5, 5.41) is 4.95. The number of aryl methyl sites for hydroxylation is 1. The van der Waals surface area contributed by atoms with E-state index >= 15 is 0 Å². The Morgan fingerprint density at radius 3 is 2.52 bits per heavy atom. The van der Waals surface area contributed by atoms with Crippen LogP contribution >= 0.6 is 0 Å². The highest BCUT2D eigenvalue weighted by atomic mass is 16.5. The van der Waals surface area contributed by atoms with E-state index < -0.39 is 0 Å². The summed E-state index contributed by atoms with van der Waals surface area (Å²) in [7, 11) is 0. The van der Waals surface area contributed by atoms with Gasteiger partial charge in [0.1, 0.15) is 23.8 Å². The van der Waals surface area contributed by atoms with Gasteiger partial charge in [-0.25, -0.2) is 9.97 Å². The molecule has 1 spiro atoms. The topological polar surface area (TPSA) is 82.1 Å². The van der Waals surface area contributed by atoms with Gasteiger partial charge in [-0.1, -0.05) is 25.9 Å². The Labute approximate surface area is 157 Å².